The minimum absolute atomic E-state index is 0.0291. The summed E-state index contributed by atoms with van der Waals surface area (Å²) in [6, 6.07) is 5.70. The fraction of sp³-hybridized carbons (Fsp3) is 0.333. The van der Waals surface area contributed by atoms with Crippen molar-refractivity contribution in [1.82, 2.24) is 24.5 Å². The molecule has 0 fully saturated rings. The first-order chi connectivity index (χ1) is 13.6. The summed E-state index contributed by atoms with van der Waals surface area (Å²) in [5.41, 5.74) is 1.68. The van der Waals surface area contributed by atoms with E-state index in [1.165, 1.54) is 25.3 Å². The summed E-state index contributed by atoms with van der Waals surface area (Å²) >= 11 is 0. The van der Waals surface area contributed by atoms with Crippen LogP contribution in [-0.4, -0.2) is 30.5 Å². The maximum atomic E-state index is 13.2. The van der Waals surface area contributed by atoms with Gasteiger partial charge in [0, 0.05) is 0 Å². The summed E-state index contributed by atoms with van der Waals surface area (Å²) in [6.45, 7) is 4.68. The number of aryl methyl sites for hydroxylation is 1. The molecule has 154 valence electrons. The highest BCUT2D eigenvalue weighted by molar-refractivity contribution is 5.91. The molecular weight excluding hydrogens is 392 g/mol. The first-order valence-electron chi connectivity index (χ1n) is 8.68. The van der Waals surface area contributed by atoms with Gasteiger partial charge in [-0.05, 0) is 37.1 Å². The van der Waals surface area contributed by atoms with Crippen LogP contribution in [0, 0.1) is 12.7 Å². The lowest BCUT2D eigenvalue weighted by Crippen LogP contribution is -2.21. The third kappa shape index (κ3) is 4.44. The number of halogens is 4. The highest BCUT2D eigenvalue weighted by atomic mass is 19.4. The van der Waals surface area contributed by atoms with Crippen LogP contribution in [0.25, 0.3) is 5.69 Å². The molecule has 0 saturated heterocycles. The van der Waals surface area contributed by atoms with Gasteiger partial charge in [0.05, 0.1) is 23.3 Å². The zero-order chi connectivity index (χ0) is 21.3. The lowest BCUT2D eigenvalue weighted by Gasteiger charge is -2.13. The molecule has 3 rings (SSSR count). The topological polar surface area (TPSA) is 77.6 Å². The van der Waals surface area contributed by atoms with Gasteiger partial charge in [-0.15, -0.1) is 5.10 Å². The third-order valence-electron chi connectivity index (χ3n) is 4.10. The second kappa shape index (κ2) is 7.64. The van der Waals surface area contributed by atoms with Gasteiger partial charge >= 0.3 is 6.18 Å². The van der Waals surface area contributed by atoms with E-state index in [0.717, 1.165) is 4.68 Å². The molecule has 0 saturated carbocycles. The van der Waals surface area contributed by atoms with Crippen molar-refractivity contribution >= 4 is 11.6 Å². The van der Waals surface area contributed by atoms with E-state index < -0.39 is 24.5 Å². The van der Waals surface area contributed by atoms with Crippen molar-refractivity contribution < 1.29 is 22.4 Å². The van der Waals surface area contributed by atoms with Gasteiger partial charge in [0.25, 0.3) is 5.82 Å². The van der Waals surface area contributed by atoms with Gasteiger partial charge in [-0.3, -0.25) is 4.79 Å². The van der Waals surface area contributed by atoms with Gasteiger partial charge in [0.15, 0.2) is 0 Å². The van der Waals surface area contributed by atoms with E-state index >= 15 is 0 Å². The summed E-state index contributed by atoms with van der Waals surface area (Å²) < 4.78 is 53.8. The van der Waals surface area contributed by atoms with Crippen molar-refractivity contribution in [1.29, 1.82) is 0 Å². The highest BCUT2D eigenvalue weighted by Gasteiger charge is 2.36. The molecule has 1 N–H and O–H groups in total. The summed E-state index contributed by atoms with van der Waals surface area (Å²) in [5.74, 6) is -2.34. The van der Waals surface area contributed by atoms with E-state index in [1.807, 2.05) is 13.8 Å². The molecule has 1 amide bonds. The lowest BCUT2D eigenvalue weighted by molar-refractivity contribution is -0.145. The van der Waals surface area contributed by atoms with Crippen LogP contribution in [0.5, 0.6) is 0 Å². The Bertz CT molecular complexity index is 1020. The molecule has 0 atom stereocenters. The maximum Gasteiger partial charge on any atom is 0.453 e. The number of alkyl halides is 3. The van der Waals surface area contributed by atoms with Crippen LogP contribution in [0.3, 0.4) is 0 Å². The molecule has 29 heavy (non-hydrogen) atoms. The largest absolute Gasteiger partial charge is 0.453 e. The summed E-state index contributed by atoms with van der Waals surface area (Å²) in [6.07, 6.45) is -3.25. The number of hydrogen-bond donors (Lipinski definition) is 1. The van der Waals surface area contributed by atoms with Crippen LogP contribution < -0.4 is 5.32 Å². The number of carbonyl (C=O) groups excluding carboxylic acids is 1. The second-order valence-corrected chi connectivity index (χ2v) is 6.67. The normalized spacial score (nSPS) is 11.9. The Morgan fingerprint density at radius 1 is 1.21 bits per heavy atom. The molecule has 7 nitrogen and oxygen atoms in total. The molecule has 2 heterocycles. The predicted octanol–water partition coefficient (Wildman–Crippen LogP) is 3.69. The van der Waals surface area contributed by atoms with Gasteiger partial charge in [0.2, 0.25) is 5.91 Å². The van der Waals surface area contributed by atoms with Crippen LogP contribution in [0.2, 0.25) is 0 Å². The first-order valence-corrected chi connectivity index (χ1v) is 8.68. The van der Waals surface area contributed by atoms with Crippen LogP contribution >= 0.6 is 0 Å². The number of nitrogens with one attached hydrogen (secondary N) is 1. The summed E-state index contributed by atoms with van der Waals surface area (Å²) in [7, 11) is 0. The fourth-order valence-electron chi connectivity index (χ4n) is 2.81. The van der Waals surface area contributed by atoms with Gasteiger partial charge in [-0.2, -0.15) is 18.3 Å². The number of benzene rings is 1. The fourth-order valence-corrected chi connectivity index (χ4v) is 2.81. The van der Waals surface area contributed by atoms with E-state index in [4.69, 9.17) is 0 Å². The molecule has 0 aliphatic heterocycles. The molecular formula is C18H18F4N6O. The van der Waals surface area contributed by atoms with Crippen LogP contribution in [0.1, 0.15) is 37.1 Å². The van der Waals surface area contributed by atoms with Crippen LogP contribution in [0.15, 0.2) is 30.5 Å². The standard InChI is InChI=1S/C18H18F4N6O/c1-10(2)16-14(8-23-28(16)13-6-4-12(19)5-7-13)25-15(29)9-27-11(3)24-17(26-27)18(20,21)22/h4-8,10H,9H2,1-3H3,(H,25,29). The number of anilines is 1. The van der Waals surface area contributed by atoms with Gasteiger partial charge in [-0.25, -0.2) is 18.7 Å². The molecule has 11 heteroatoms. The van der Waals surface area contributed by atoms with Crippen molar-refractivity contribution in [2.75, 3.05) is 5.32 Å². The summed E-state index contributed by atoms with van der Waals surface area (Å²) in [5, 5.41) is 10.2. The Hall–Kier alpha value is -3.24. The van der Waals surface area contributed by atoms with Crippen LogP contribution in [0.4, 0.5) is 23.2 Å². The number of rotatable bonds is 5. The molecule has 2 aromatic heterocycles. The number of carbonyl (C=O) groups is 1. The molecule has 1 aromatic carbocycles. The van der Waals surface area contributed by atoms with E-state index in [9.17, 15) is 22.4 Å². The molecule has 0 spiro atoms. The number of hydrogen-bond acceptors (Lipinski definition) is 4. The van der Waals surface area contributed by atoms with E-state index in [0.29, 0.717) is 17.1 Å². The van der Waals surface area contributed by atoms with Gasteiger partial charge < -0.3 is 5.32 Å². The van der Waals surface area contributed by atoms with E-state index in [1.54, 1.807) is 16.8 Å². The average molecular weight is 410 g/mol. The number of aromatic nitrogens is 5. The van der Waals surface area contributed by atoms with Crippen LogP contribution in [-0.2, 0) is 17.5 Å². The van der Waals surface area contributed by atoms with E-state index in [2.05, 4.69) is 20.5 Å². The Balaban J connectivity index is 1.82. The molecule has 0 unspecified atom stereocenters. The zero-order valence-electron chi connectivity index (χ0n) is 15.8. The third-order valence-corrected chi connectivity index (χ3v) is 4.10. The number of amides is 1. The Kier molecular flexibility index (Phi) is 5.40. The first kappa shape index (κ1) is 20.5. The van der Waals surface area contributed by atoms with Crippen molar-refractivity contribution in [3.8, 4) is 5.69 Å². The molecule has 3 aromatic rings. The zero-order valence-corrected chi connectivity index (χ0v) is 15.8. The molecule has 0 bridgehead atoms. The Morgan fingerprint density at radius 3 is 2.41 bits per heavy atom. The Morgan fingerprint density at radius 2 is 1.86 bits per heavy atom. The van der Waals surface area contributed by atoms with Crippen molar-refractivity contribution in [3.05, 3.63) is 53.6 Å². The molecule has 0 aliphatic rings. The van der Waals surface area contributed by atoms with Crippen molar-refractivity contribution in [2.24, 2.45) is 0 Å². The van der Waals surface area contributed by atoms with Crippen molar-refractivity contribution in [3.63, 3.8) is 0 Å². The van der Waals surface area contributed by atoms with Gasteiger partial charge in [0.1, 0.15) is 18.2 Å². The van der Waals surface area contributed by atoms with Crippen molar-refractivity contribution in [2.45, 2.75) is 39.4 Å². The lowest BCUT2D eigenvalue weighted by atomic mass is 10.1. The smallest absolute Gasteiger partial charge is 0.322 e. The molecule has 0 aliphatic carbocycles. The second-order valence-electron chi connectivity index (χ2n) is 6.67. The van der Waals surface area contributed by atoms with Gasteiger partial charge in [-0.1, -0.05) is 13.8 Å². The SMILES string of the molecule is Cc1nc(C(F)(F)F)nn1CC(=O)Nc1cnn(-c2ccc(F)cc2)c1C(C)C. The quantitative estimate of drug-likeness (QED) is 0.651. The minimum atomic E-state index is -4.69. The number of nitrogens with zero attached hydrogens (tertiary/aromatic N) is 5. The monoisotopic (exact) mass is 410 g/mol. The molecule has 0 radical (unpaired) electrons. The highest BCUT2D eigenvalue weighted by Crippen LogP contribution is 2.28. The predicted molar refractivity (Wildman–Crippen MR) is 96.0 cm³/mol. The van der Waals surface area contributed by atoms with E-state index in [-0.39, 0.29) is 17.6 Å². The average Bonchev–Trinajstić information content (AvgIpc) is 3.19. The minimum Gasteiger partial charge on any atom is -0.322 e. The maximum absolute atomic E-state index is 13.2. The summed E-state index contributed by atoms with van der Waals surface area (Å²) in [4.78, 5) is 15.7. The Labute approximate surface area is 163 Å².